The first-order valence-electron chi connectivity index (χ1n) is 6.89. The molecule has 0 saturated carbocycles. The highest BCUT2D eigenvalue weighted by Gasteiger charge is 2.15. The predicted molar refractivity (Wildman–Crippen MR) is 75.0 cm³/mol. The molecular weight excluding hydrogens is 224 g/mol. The summed E-state index contributed by atoms with van der Waals surface area (Å²) >= 11 is 0. The van der Waals surface area contributed by atoms with E-state index in [0.29, 0.717) is 6.04 Å². The largest absolute Gasteiger partial charge is 0.497 e. The SMILES string of the molecule is COc1cccc(CCCN2CCCC(N)C2)c1. The van der Waals surface area contributed by atoms with Crippen LogP contribution >= 0.6 is 0 Å². The molecule has 1 saturated heterocycles. The second-order valence-electron chi connectivity index (χ2n) is 5.16. The fraction of sp³-hybridized carbons (Fsp3) is 0.600. The number of benzene rings is 1. The lowest BCUT2D eigenvalue weighted by Gasteiger charge is -2.30. The van der Waals surface area contributed by atoms with E-state index in [0.717, 1.165) is 25.3 Å². The van der Waals surface area contributed by atoms with Crippen LogP contribution in [0.5, 0.6) is 5.75 Å². The molecule has 1 fully saturated rings. The number of nitrogens with two attached hydrogens (primary N) is 1. The molecule has 18 heavy (non-hydrogen) atoms. The highest BCUT2D eigenvalue weighted by molar-refractivity contribution is 5.28. The summed E-state index contributed by atoms with van der Waals surface area (Å²) in [6, 6.07) is 8.74. The zero-order chi connectivity index (χ0) is 12.8. The van der Waals surface area contributed by atoms with Gasteiger partial charge in [0.15, 0.2) is 0 Å². The summed E-state index contributed by atoms with van der Waals surface area (Å²) in [6.07, 6.45) is 4.75. The molecule has 1 aliphatic rings. The van der Waals surface area contributed by atoms with Gasteiger partial charge in [-0.15, -0.1) is 0 Å². The minimum Gasteiger partial charge on any atom is -0.497 e. The van der Waals surface area contributed by atoms with E-state index >= 15 is 0 Å². The van der Waals surface area contributed by atoms with Crippen LogP contribution in [0.4, 0.5) is 0 Å². The van der Waals surface area contributed by atoms with Gasteiger partial charge in [-0.25, -0.2) is 0 Å². The van der Waals surface area contributed by atoms with Crippen LogP contribution in [0, 0.1) is 0 Å². The Labute approximate surface area is 110 Å². The van der Waals surface area contributed by atoms with E-state index in [-0.39, 0.29) is 0 Å². The van der Waals surface area contributed by atoms with Gasteiger partial charge in [-0.05, 0) is 56.5 Å². The third-order valence-corrected chi connectivity index (χ3v) is 3.62. The van der Waals surface area contributed by atoms with Crippen molar-refractivity contribution in [3.63, 3.8) is 0 Å². The molecule has 0 bridgehead atoms. The van der Waals surface area contributed by atoms with Crippen molar-refractivity contribution in [2.24, 2.45) is 5.73 Å². The molecule has 100 valence electrons. The molecule has 0 amide bonds. The highest BCUT2D eigenvalue weighted by Crippen LogP contribution is 2.15. The van der Waals surface area contributed by atoms with Gasteiger partial charge in [-0.1, -0.05) is 12.1 Å². The van der Waals surface area contributed by atoms with Crippen molar-refractivity contribution in [1.29, 1.82) is 0 Å². The quantitative estimate of drug-likeness (QED) is 0.866. The zero-order valence-corrected chi connectivity index (χ0v) is 11.3. The first kappa shape index (κ1) is 13.4. The van der Waals surface area contributed by atoms with Crippen molar-refractivity contribution in [3.05, 3.63) is 29.8 Å². The van der Waals surface area contributed by atoms with Crippen molar-refractivity contribution in [3.8, 4) is 5.75 Å². The molecule has 1 aromatic carbocycles. The first-order valence-corrected chi connectivity index (χ1v) is 6.89. The Morgan fingerprint density at radius 2 is 2.33 bits per heavy atom. The number of hydrogen-bond donors (Lipinski definition) is 1. The maximum absolute atomic E-state index is 5.99. The van der Waals surface area contributed by atoms with Crippen LogP contribution in [-0.2, 0) is 6.42 Å². The van der Waals surface area contributed by atoms with E-state index in [4.69, 9.17) is 10.5 Å². The van der Waals surface area contributed by atoms with Crippen LogP contribution in [0.2, 0.25) is 0 Å². The topological polar surface area (TPSA) is 38.5 Å². The molecule has 0 radical (unpaired) electrons. The van der Waals surface area contributed by atoms with Gasteiger partial charge in [0.25, 0.3) is 0 Å². The van der Waals surface area contributed by atoms with Crippen LogP contribution in [0.1, 0.15) is 24.8 Å². The Morgan fingerprint density at radius 1 is 1.44 bits per heavy atom. The molecule has 0 aliphatic carbocycles. The van der Waals surface area contributed by atoms with Crippen molar-refractivity contribution in [2.75, 3.05) is 26.7 Å². The summed E-state index contributed by atoms with van der Waals surface area (Å²) in [6.45, 7) is 3.44. The number of methoxy groups -OCH3 is 1. The van der Waals surface area contributed by atoms with Crippen LogP contribution in [0.25, 0.3) is 0 Å². The van der Waals surface area contributed by atoms with Gasteiger partial charge in [-0.2, -0.15) is 0 Å². The lowest BCUT2D eigenvalue weighted by atomic mass is 10.1. The summed E-state index contributed by atoms with van der Waals surface area (Å²) in [5.41, 5.74) is 7.34. The number of piperidine rings is 1. The lowest BCUT2D eigenvalue weighted by Crippen LogP contribution is -2.43. The molecule has 0 spiro atoms. The van der Waals surface area contributed by atoms with E-state index < -0.39 is 0 Å². The van der Waals surface area contributed by atoms with E-state index in [2.05, 4.69) is 23.1 Å². The molecule has 3 nitrogen and oxygen atoms in total. The van der Waals surface area contributed by atoms with Crippen molar-refractivity contribution in [1.82, 2.24) is 4.90 Å². The van der Waals surface area contributed by atoms with Gasteiger partial charge in [0.1, 0.15) is 5.75 Å². The number of rotatable bonds is 5. The fourth-order valence-electron chi connectivity index (χ4n) is 2.63. The number of ether oxygens (including phenoxy) is 1. The smallest absolute Gasteiger partial charge is 0.119 e. The Bertz CT molecular complexity index is 367. The van der Waals surface area contributed by atoms with Gasteiger partial charge in [0, 0.05) is 12.6 Å². The number of hydrogen-bond acceptors (Lipinski definition) is 3. The third kappa shape index (κ3) is 4.00. The molecule has 1 heterocycles. The predicted octanol–water partition coefficient (Wildman–Crippen LogP) is 2.05. The fourth-order valence-corrected chi connectivity index (χ4v) is 2.63. The molecule has 1 atom stereocenters. The second-order valence-corrected chi connectivity index (χ2v) is 5.16. The van der Waals surface area contributed by atoms with Crippen molar-refractivity contribution in [2.45, 2.75) is 31.7 Å². The van der Waals surface area contributed by atoms with Gasteiger partial charge < -0.3 is 15.4 Å². The Hall–Kier alpha value is -1.06. The maximum atomic E-state index is 5.99. The van der Waals surface area contributed by atoms with Crippen molar-refractivity contribution < 1.29 is 4.74 Å². The number of likely N-dealkylation sites (tertiary alicyclic amines) is 1. The Balaban J connectivity index is 1.74. The average Bonchev–Trinajstić information content (AvgIpc) is 2.39. The monoisotopic (exact) mass is 248 g/mol. The van der Waals surface area contributed by atoms with E-state index in [1.165, 1.54) is 31.4 Å². The Kier molecular flexibility index (Phi) is 5.02. The minimum atomic E-state index is 0.385. The average molecular weight is 248 g/mol. The second kappa shape index (κ2) is 6.76. The van der Waals surface area contributed by atoms with E-state index in [1.807, 2.05) is 6.07 Å². The van der Waals surface area contributed by atoms with Gasteiger partial charge in [0.2, 0.25) is 0 Å². The molecular formula is C15H24N2O. The minimum absolute atomic E-state index is 0.385. The summed E-state index contributed by atoms with van der Waals surface area (Å²) in [4.78, 5) is 2.49. The molecule has 0 aromatic heterocycles. The van der Waals surface area contributed by atoms with Gasteiger partial charge in [0.05, 0.1) is 7.11 Å². The summed E-state index contributed by atoms with van der Waals surface area (Å²) in [5, 5.41) is 0. The molecule has 1 unspecified atom stereocenters. The standard InChI is InChI=1S/C15H24N2O/c1-18-15-8-2-5-13(11-15)6-3-9-17-10-4-7-14(16)12-17/h2,5,8,11,14H,3-4,6-7,9-10,12,16H2,1H3. The molecule has 3 heteroatoms. The molecule has 2 N–H and O–H groups in total. The summed E-state index contributed by atoms with van der Waals surface area (Å²) in [5.74, 6) is 0.951. The van der Waals surface area contributed by atoms with Crippen LogP contribution in [0.15, 0.2) is 24.3 Å². The van der Waals surface area contributed by atoms with Crippen LogP contribution in [-0.4, -0.2) is 37.7 Å². The lowest BCUT2D eigenvalue weighted by molar-refractivity contribution is 0.207. The highest BCUT2D eigenvalue weighted by atomic mass is 16.5. The third-order valence-electron chi connectivity index (χ3n) is 3.62. The van der Waals surface area contributed by atoms with Crippen LogP contribution < -0.4 is 10.5 Å². The molecule has 1 aromatic rings. The summed E-state index contributed by atoms with van der Waals surface area (Å²) < 4.78 is 5.24. The van der Waals surface area contributed by atoms with Gasteiger partial charge in [-0.3, -0.25) is 0 Å². The maximum Gasteiger partial charge on any atom is 0.119 e. The molecule has 1 aliphatic heterocycles. The van der Waals surface area contributed by atoms with Gasteiger partial charge >= 0.3 is 0 Å². The van der Waals surface area contributed by atoms with E-state index in [1.54, 1.807) is 7.11 Å². The first-order chi connectivity index (χ1) is 8.78. The van der Waals surface area contributed by atoms with Crippen molar-refractivity contribution >= 4 is 0 Å². The van der Waals surface area contributed by atoms with E-state index in [9.17, 15) is 0 Å². The number of nitrogens with zero attached hydrogens (tertiary/aromatic N) is 1. The number of aryl methyl sites for hydroxylation is 1. The Morgan fingerprint density at radius 3 is 3.11 bits per heavy atom. The summed E-state index contributed by atoms with van der Waals surface area (Å²) in [7, 11) is 1.72. The zero-order valence-electron chi connectivity index (χ0n) is 11.3. The van der Waals surface area contributed by atoms with Crippen LogP contribution in [0.3, 0.4) is 0 Å². The molecule has 2 rings (SSSR count). The normalized spacial score (nSPS) is 20.9.